The largest absolute Gasteiger partial charge is 0.382 e. The average Bonchev–Trinajstić information content (AvgIpc) is 2.50. The van der Waals surface area contributed by atoms with Gasteiger partial charge in [-0.3, -0.25) is 0 Å². The van der Waals surface area contributed by atoms with Crippen LogP contribution >= 0.6 is 0 Å². The molecule has 20 heavy (non-hydrogen) atoms. The molecule has 3 heteroatoms. The van der Waals surface area contributed by atoms with Gasteiger partial charge in [0.25, 0.3) is 0 Å². The van der Waals surface area contributed by atoms with E-state index in [1.807, 2.05) is 6.07 Å². The fourth-order valence-electron chi connectivity index (χ4n) is 2.11. The summed E-state index contributed by atoms with van der Waals surface area (Å²) in [7, 11) is 0. The van der Waals surface area contributed by atoms with Crippen LogP contribution in [0.2, 0.25) is 0 Å². The Morgan fingerprint density at radius 3 is 2.45 bits per heavy atom. The third kappa shape index (κ3) is 4.68. The minimum absolute atomic E-state index is 0.574. The van der Waals surface area contributed by atoms with Crippen molar-refractivity contribution in [2.45, 2.75) is 6.42 Å². The Hall–Kier alpha value is -1.84. The molecule has 0 saturated carbocycles. The van der Waals surface area contributed by atoms with E-state index < -0.39 is 0 Å². The van der Waals surface area contributed by atoms with Crippen molar-refractivity contribution >= 4 is 5.69 Å². The normalized spacial score (nSPS) is 10.4. The molecule has 2 rings (SSSR count). The van der Waals surface area contributed by atoms with Crippen molar-refractivity contribution in [2.75, 3.05) is 31.6 Å². The molecule has 0 aliphatic rings. The number of nitrogens with one attached hydrogen (secondary N) is 1. The van der Waals surface area contributed by atoms with Crippen molar-refractivity contribution in [1.29, 1.82) is 0 Å². The second kappa shape index (κ2) is 8.35. The van der Waals surface area contributed by atoms with Gasteiger partial charge < -0.3 is 15.8 Å². The van der Waals surface area contributed by atoms with Crippen LogP contribution in [0.15, 0.2) is 54.6 Å². The lowest BCUT2D eigenvalue weighted by atomic mass is 10.0. The number of anilines is 1. The summed E-state index contributed by atoms with van der Waals surface area (Å²) in [5.74, 6) is 0. The maximum Gasteiger partial charge on any atom is 0.0639 e. The Kier molecular flexibility index (Phi) is 6.08. The van der Waals surface area contributed by atoms with E-state index in [1.54, 1.807) is 0 Å². The predicted molar refractivity (Wildman–Crippen MR) is 84.1 cm³/mol. The first-order valence-electron chi connectivity index (χ1n) is 7.03. The molecule has 0 fully saturated rings. The van der Waals surface area contributed by atoms with E-state index >= 15 is 0 Å². The fourth-order valence-corrected chi connectivity index (χ4v) is 2.11. The lowest BCUT2D eigenvalue weighted by Crippen LogP contribution is -2.15. The van der Waals surface area contributed by atoms with Crippen LogP contribution in [0.5, 0.6) is 0 Å². The number of nitrogens with two attached hydrogens (primary N) is 1. The predicted octanol–water partition coefficient (Wildman–Crippen LogP) is 2.66. The SMILES string of the molecule is NCCOCCNc1ccccc1Cc1ccccc1. The number of rotatable bonds is 8. The molecule has 2 aromatic carbocycles. The molecule has 2 aromatic rings. The van der Waals surface area contributed by atoms with Crippen LogP contribution in [-0.4, -0.2) is 26.3 Å². The second-order valence-electron chi connectivity index (χ2n) is 4.65. The summed E-state index contributed by atoms with van der Waals surface area (Å²) in [6, 6.07) is 18.9. The van der Waals surface area contributed by atoms with Crippen LogP contribution < -0.4 is 11.1 Å². The minimum Gasteiger partial charge on any atom is -0.382 e. The van der Waals surface area contributed by atoms with E-state index in [2.05, 4.69) is 53.8 Å². The molecule has 0 spiro atoms. The molecule has 0 bridgehead atoms. The van der Waals surface area contributed by atoms with Gasteiger partial charge in [-0.25, -0.2) is 0 Å². The fraction of sp³-hybridized carbons (Fsp3) is 0.294. The van der Waals surface area contributed by atoms with Gasteiger partial charge in [0, 0.05) is 18.8 Å². The van der Waals surface area contributed by atoms with E-state index in [-0.39, 0.29) is 0 Å². The Morgan fingerprint density at radius 1 is 0.900 bits per heavy atom. The second-order valence-corrected chi connectivity index (χ2v) is 4.65. The van der Waals surface area contributed by atoms with Crippen LogP contribution in [-0.2, 0) is 11.2 Å². The van der Waals surface area contributed by atoms with Crippen molar-refractivity contribution in [3.63, 3.8) is 0 Å². The molecule has 0 heterocycles. The van der Waals surface area contributed by atoms with Crippen molar-refractivity contribution in [1.82, 2.24) is 0 Å². The topological polar surface area (TPSA) is 47.3 Å². The van der Waals surface area contributed by atoms with Gasteiger partial charge in [0.2, 0.25) is 0 Å². The number of benzene rings is 2. The molecular formula is C17H22N2O. The molecule has 106 valence electrons. The number of hydrogen-bond acceptors (Lipinski definition) is 3. The first kappa shape index (κ1) is 14.6. The van der Waals surface area contributed by atoms with Crippen LogP contribution in [0.1, 0.15) is 11.1 Å². The van der Waals surface area contributed by atoms with Crippen LogP contribution in [0, 0.1) is 0 Å². The molecule has 0 saturated heterocycles. The van der Waals surface area contributed by atoms with Gasteiger partial charge in [-0.15, -0.1) is 0 Å². The Labute approximate surface area is 120 Å². The van der Waals surface area contributed by atoms with Gasteiger partial charge in [0.05, 0.1) is 13.2 Å². The van der Waals surface area contributed by atoms with Gasteiger partial charge in [0.15, 0.2) is 0 Å². The third-order valence-corrected chi connectivity index (χ3v) is 3.08. The van der Waals surface area contributed by atoms with E-state index in [4.69, 9.17) is 10.5 Å². The smallest absolute Gasteiger partial charge is 0.0639 e. The van der Waals surface area contributed by atoms with Crippen molar-refractivity contribution in [3.8, 4) is 0 Å². The van der Waals surface area contributed by atoms with E-state index in [1.165, 1.54) is 16.8 Å². The molecule has 0 aliphatic carbocycles. The van der Waals surface area contributed by atoms with Gasteiger partial charge in [0.1, 0.15) is 0 Å². The molecule has 0 atom stereocenters. The number of para-hydroxylation sites is 1. The van der Waals surface area contributed by atoms with E-state index in [0.29, 0.717) is 19.8 Å². The highest BCUT2D eigenvalue weighted by Crippen LogP contribution is 2.18. The standard InChI is InChI=1S/C17H22N2O/c18-10-12-20-13-11-19-17-9-5-4-8-16(17)14-15-6-2-1-3-7-15/h1-9,19H,10-14,18H2. The summed E-state index contributed by atoms with van der Waals surface area (Å²) in [4.78, 5) is 0. The first-order valence-corrected chi connectivity index (χ1v) is 7.03. The molecule has 0 aromatic heterocycles. The molecule has 0 aliphatic heterocycles. The van der Waals surface area contributed by atoms with Crippen molar-refractivity contribution in [2.24, 2.45) is 5.73 Å². The van der Waals surface area contributed by atoms with Crippen LogP contribution in [0.25, 0.3) is 0 Å². The van der Waals surface area contributed by atoms with Gasteiger partial charge in [-0.2, -0.15) is 0 Å². The highest BCUT2D eigenvalue weighted by atomic mass is 16.5. The summed E-state index contributed by atoms with van der Waals surface area (Å²) >= 11 is 0. The lowest BCUT2D eigenvalue weighted by molar-refractivity contribution is 0.151. The van der Waals surface area contributed by atoms with Crippen LogP contribution in [0.4, 0.5) is 5.69 Å². The van der Waals surface area contributed by atoms with Gasteiger partial charge in [-0.1, -0.05) is 48.5 Å². The molecule has 0 amide bonds. The average molecular weight is 270 g/mol. The van der Waals surface area contributed by atoms with E-state index in [0.717, 1.165) is 13.0 Å². The molecular weight excluding hydrogens is 248 g/mol. The quantitative estimate of drug-likeness (QED) is 0.725. The lowest BCUT2D eigenvalue weighted by Gasteiger charge is -2.12. The minimum atomic E-state index is 0.574. The van der Waals surface area contributed by atoms with Crippen molar-refractivity contribution < 1.29 is 4.74 Å². The summed E-state index contributed by atoms with van der Waals surface area (Å²) in [5, 5.41) is 3.43. The third-order valence-electron chi connectivity index (χ3n) is 3.08. The monoisotopic (exact) mass is 270 g/mol. The Bertz CT molecular complexity index is 499. The maximum absolute atomic E-state index is 5.39. The molecule has 0 unspecified atom stereocenters. The van der Waals surface area contributed by atoms with Gasteiger partial charge >= 0.3 is 0 Å². The maximum atomic E-state index is 5.39. The summed E-state index contributed by atoms with van der Waals surface area (Å²) in [6.45, 7) is 2.67. The number of hydrogen-bond donors (Lipinski definition) is 2. The zero-order valence-electron chi connectivity index (χ0n) is 11.7. The van der Waals surface area contributed by atoms with Crippen LogP contribution in [0.3, 0.4) is 0 Å². The zero-order chi connectivity index (χ0) is 14.0. The molecule has 3 nitrogen and oxygen atoms in total. The van der Waals surface area contributed by atoms with Gasteiger partial charge in [-0.05, 0) is 23.6 Å². The first-order chi connectivity index (χ1) is 9.90. The van der Waals surface area contributed by atoms with E-state index in [9.17, 15) is 0 Å². The highest BCUT2D eigenvalue weighted by Gasteiger charge is 2.02. The number of ether oxygens (including phenoxy) is 1. The highest BCUT2D eigenvalue weighted by molar-refractivity contribution is 5.52. The molecule has 0 radical (unpaired) electrons. The summed E-state index contributed by atoms with van der Waals surface area (Å²) in [5.41, 5.74) is 9.18. The summed E-state index contributed by atoms with van der Waals surface area (Å²) < 4.78 is 5.38. The van der Waals surface area contributed by atoms with Crippen molar-refractivity contribution in [3.05, 3.63) is 65.7 Å². The Morgan fingerprint density at radius 2 is 1.65 bits per heavy atom. The Balaban J connectivity index is 1.92. The zero-order valence-corrected chi connectivity index (χ0v) is 11.7. The molecule has 3 N–H and O–H groups in total. The summed E-state index contributed by atoms with van der Waals surface area (Å²) in [6.07, 6.45) is 0.938.